The average Bonchev–Trinajstić information content (AvgIpc) is 2.85. The Morgan fingerprint density at radius 2 is 1.61 bits per heavy atom. The van der Waals surface area contributed by atoms with E-state index in [4.69, 9.17) is 9.73 Å². The van der Waals surface area contributed by atoms with Crippen molar-refractivity contribution in [1.29, 1.82) is 0 Å². The van der Waals surface area contributed by atoms with Crippen LogP contribution in [0.5, 0.6) is 5.75 Å². The van der Waals surface area contributed by atoms with Crippen molar-refractivity contribution in [2.24, 2.45) is 4.99 Å². The van der Waals surface area contributed by atoms with Gasteiger partial charge in [-0.25, -0.2) is 0 Å². The summed E-state index contributed by atoms with van der Waals surface area (Å²) in [5.74, 6) is 0.844. The van der Waals surface area contributed by atoms with E-state index in [2.05, 4.69) is 100 Å². The normalized spacial score (nSPS) is 22.2. The second kappa shape index (κ2) is 5.38. The molecule has 1 unspecified atom stereocenters. The fourth-order valence-electron chi connectivity index (χ4n) is 4.90. The number of rotatable bonds is 0. The third kappa shape index (κ3) is 2.07. The van der Waals surface area contributed by atoms with Gasteiger partial charge in [0, 0.05) is 16.6 Å². The molecule has 0 radical (unpaired) electrons. The monoisotopic (exact) mass is 370 g/mol. The molecule has 142 valence electrons. The van der Waals surface area contributed by atoms with Gasteiger partial charge in [0.1, 0.15) is 11.4 Å². The summed E-state index contributed by atoms with van der Waals surface area (Å²) < 4.78 is 6.90. The molecule has 0 N–H and O–H groups in total. The van der Waals surface area contributed by atoms with Gasteiger partial charge < -0.3 is 9.64 Å². The highest BCUT2D eigenvalue weighted by Crippen LogP contribution is 2.56. The van der Waals surface area contributed by atoms with Crippen LogP contribution in [0.3, 0.4) is 0 Å². The molecule has 3 nitrogen and oxygen atoms in total. The number of nitrogens with zero attached hydrogens (tertiary/aromatic N) is 2. The summed E-state index contributed by atoms with van der Waals surface area (Å²) in [6.45, 7) is 11.2. The third-order valence-corrected chi connectivity index (χ3v) is 6.21. The lowest BCUT2D eigenvalue weighted by molar-refractivity contribution is 0.0620. The van der Waals surface area contributed by atoms with Gasteiger partial charge in [-0.2, -0.15) is 0 Å². The van der Waals surface area contributed by atoms with Gasteiger partial charge in [0.2, 0.25) is 5.72 Å². The van der Waals surface area contributed by atoms with Gasteiger partial charge in [-0.1, -0.05) is 48.5 Å². The van der Waals surface area contributed by atoms with Gasteiger partial charge in [-0.05, 0) is 57.7 Å². The lowest BCUT2D eigenvalue weighted by atomic mass is 9.77. The van der Waals surface area contributed by atoms with Crippen LogP contribution in [0, 0.1) is 0 Å². The second-order valence-corrected chi connectivity index (χ2v) is 9.34. The molecule has 1 atom stereocenters. The van der Waals surface area contributed by atoms with Crippen LogP contribution >= 0.6 is 0 Å². The minimum Gasteiger partial charge on any atom is -0.459 e. The third-order valence-electron chi connectivity index (χ3n) is 6.21. The molecule has 28 heavy (non-hydrogen) atoms. The van der Waals surface area contributed by atoms with E-state index >= 15 is 0 Å². The Balaban J connectivity index is 1.76. The van der Waals surface area contributed by atoms with Crippen molar-refractivity contribution in [2.45, 2.75) is 51.3 Å². The van der Waals surface area contributed by atoms with Crippen LogP contribution in [0.15, 0.2) is 65.7 Å². The molecule has 2 aliphatic heterocycles. The number of para-hydroxylation sites is 1. The maximum atomic E-state index is 6.90. The molecule has 0 aliphatic carbocycles. The zero-order valence-electron chi connectivity index (χ0n) is 17.2. The standard InChI is InChI=1S/C25H26N2O/c1-23(2,3)27-20-13-9-8-12-19(20)24(4,5)25(27)16-26-22-18-11-7-6-10-17(18)14-15-21(22)28-25/h6-16H,1-5H3. The fourth-order valence-corrected chi connectivity index (χ4v) is 4.90. The highest BCUT2D eigenvalue weighted by atomic mass is 16.5. The first-order valence-electron chi connectivity index (χ1n) is 9.91. The first kappa shape index (κ1) is 17.3. The van der Waals surface area contributed by atoms with Crippen LogP contribution in [0.25, 0.3) is 10.8 Å². The quantitative estimate of drug-likeness (QED) is 0.469. The van der Waals surface area contributed by atoms with Crippen LogP contribution in [-0.4, -0.2) is 17.5 Å². The number of hydrogen-bond donors (Lipinski definition) is 0. The minimum atomic E-state index is -0.676. The van der Waals surface area contributed by atoms with Crippen LogP contribution < -0.4 is 9.64 Å². The lowest BCUT2D eigenvalue weighted by Crippen LogP contribution is -2.66. The number of benzene rings is 3. The largest absolute Gasteiger partial charge is 0.459 e. The summed E-state index contributed by atoms with van der Waals surface area (Å²) >= 11 is 0. The van der Waals surface area contributed by atoms with Crippen molar-refractivity contribution in [2.75, 3.05) is 4.90 Å². The van der Waals surface area contributed by atoms with Crippen LogP contribution in [0.4, 0.5) is 11.4 Å². The van der Waals surface area contributed by atoms with Gasteiger partial charge in [0.25, 0.3) is 0 Å². The van der Waals surface area contributed by atoms with E-state index in [1.54, 1.807) is 0 Å². The van der Waals surface area contributed by atoms with Gasteiger partial charge in [0.05, 0.1) is 11.6 Å². The Bertz CT molecular complexity index is 1120. The number of fused-ring (bicyclic) bond motifs is 4. The molecule has 0 fully saturated rings. The van der Waals surface area contributed by atoms with E-state index in [1.165, 1.54) is 16.6 Å². The van der Waals surface area contributed by atoms with Crippen molar-refractivity contribution in [3.05, 3.63) is 66.2 Å². The zero-order valence-corrected chi connectivity index (χ0v) is 17.2. The van der Waals surface area contributed by atoms with Crippen molar-refractivity contribution in [3.8, 4) is 5.75 Å². The highest BCUT2D eigenvalue weighted by Gasteiger charge is 2.62. The van der Waals surface area contributed by atoms with Crippen LogP contribution in [0.2, 0.25) is 0 Å². The van der Waals surface area contributed by atoms with Gasteiger partial charge in [0.15, 0.2) is 0 Å². The molecule has 3 aromatic rings. The molecule has 2 aliphatic rings. The van der Waals surface area contributed by atoms with Crippen molar-refractivity contribution in [1.82, 2.24) is 0 Å². The van der Waals surface area contributed by atoms with Crippen molar-refractivity contribution < 1.29 is 4.74 Å². The highest BCUT2D eigenvalue weighted by molar-refractivity contribution is 6.00. The Hall–Kier alpha value is -2.81. The van der Waals surface area contributed by atoms with E-state index in [0.717, 1.165) is 16.8 Å². The Labute approximate surface area is 166 Å². The minimum absolute atomic E-state index is 0.135. The van der Waals surface area contributed by atoms with Gasteiger partial charge >= 0.3 is 0 Å². The molecule has 0 aromatic heterocycles. The molecule has 0 saturated heterocycles. The van der Waals surface area contributed by atoms with E-state index in [0.29, 0.717) is 0 Å². The summed E-state index contributed by atoms with van der Waals surface area (Å²) in [5.41, 5.74) is 2.36. The van der Waals surface area contributed by atoms with Crippen LogP contribution in [0.1, 0.15) is 40.2 Å². The molecule has 0 amide bonds. The summed E-state index contributed by atoms with van der Waals surface area (Å²) in [6, 6.07) is 21.2. The van der Waals surface area contributed by atoms with Gasteiger partial charge in [-0.15, -0.1) is 0 Å². The predicted molar refractivity (Wildman–Crippen MR) is 117 cm³/mol. The maximum absolute atomic E-state index is 6.90. The van der Waals surface area contributed by atoms with Crippen molar-refractivity contribution >= 4 is 28.4 Å². The number of anilines is 1. The summed E-state index contributed by atoms with van der Waals surface area (Å²) in [4.78, 5) is 7.41. The van der Waals surface area contributed by atoms with Gasteiger partial charge in [-0.3, -0.25) is 4.99 Å². The van der Waals surface area contributed by atoms with E-state index in [1.807, 2.05) is 6.21 Å². The average molecular weight is 370 g/mol. The summed E-state index contributed by atoms with van der Waals surface area (Å²) in [7, 11) is 0. The summed E-state index contributed by atoms with van der Waals surface area (Å²) in [6.07, 6.45) is 2.03. The first-order chi connectivity index (χ1) is 13.3. The maximum Gasteiger partial charge on any atom is 0.229 e. The molecule has 5 rings (SSSR count). The number of ether oxygens (including phenoxy) is 1. The number of aliphatic imine (C=N–C) groups is 1. The Morgan fingerprint density at radius 3 is 2.39 bits per heavy atom. The van der Waals surface area contributed by atoms with E-state index in [-0.39, 0.29) is 11.0 Å². The Kier molecular flexibility index (Phi) is 3.32. The SMILES string of the molecule is CC(C)(C)N1c2ccccc2C(C)(C)C12C=Nc1c(ccc3ccccc13)O2. The zero-order chi connectivity index (χ0) is 19.7. The van der Waals surface area contributed by atoms with Crippen molar-refractivity contribution in [3.63, 3.8) is 0 Å². The fraction of sp³-hybridized carbons (Fsp3) is 0.320. The molecule has 3 aromatic carbocycles. The predicted octanol–water partition coefficient (Wildman–Crippen LogP) is 6.23. The molecular weight excluding hydrogens is 344 g/mol. The lowest BCUT2D eigenvalue weighted by Gasteiger charge is -2.51. The topological polar surface area (TPSA) is 24.8 Å². The molecule has 1 spiro atoms. The smallest absolute Gasteiger partial charge is 0.229 e. The van der Waals surface area contributed by atoms with E-state index < -0.39 is 5.72 Å². The number of hydrogen-bond acceptors (Lipinski definition) is 3. The van der Waals surface area contributed by atoms with E-state index in [9.17, 15) is 0 Å². The molecule has 0 saturated carbocycles. The summed E-state index contributed by atoms with van der Waals surface area (Å²) in [5, 5.41) is 2.31. The molecular formula is C25H26N2O. The molecule has 0 bridgehead atoms. The molecule has 2 heterocycles. The second-order valence-electron chi connectivity index (χ2n) is 9.34. The molecule has 3 heteroatoms. The first-order valence-corrected chi connectivity index (χ1v) is 9.91. The van der Waals surface area contributed by atoms with Crippen LogP contribution in [-0.2, 0) is 5.41 Å². The Morgan fingerprint density at radius 1 is 0.893 bits per heavy atom.